The normalized spacial score (nSPS) is 10.8. The molecule has 0 bridgehead atoms. The summed E-state index contributed by atoms with van der Waals surface area (Å²) in [6, 6.07) is 7.96. The Balaban J connectivity index is 2.19. The molecule has 0 aliphatic heterocycles. The van der Waals surface area contributed by atoms with Crippen LogP contribution in [0.5, 0.6) is 0 Å². The van der Waals surface area contributed by atoms with Crippen molar-refractivity contribution in [3.63, 3.8) is 0 Å². The monoisotopic (exact) mass is 249 g/mol. The Hall–Kier alpha value is -1.49. The molecule has 0 saturated heterocycles. The molecule has 2 rings (SSSR count). The molecule has 2 aromatic rings. The van der Waals surface area contributed by atoms with Crippen LogP contribution in [0, 0.1) is 0 Å². The Labute approximate surface area is 105 Å². The second kappa shape index (κ2) is 4.79. The molecule has 1 heterocycles. The van der Waals surface area contributed by atoms with E-state index in [1.54, 1.807) is 19.0 Å². The zero-order chi connectivity index (χ0) is 12.4. The van der Waals surface area contributed by atoms with Gasteiger partial charge in [-0.2, -0.15) is 0 Å². The quantitative estimate of drug-likeness (QED) is 0.778. The number of benzene rings is 1. The highest BCUT2D eigenvalue weighted by molar-refractivity contribution is 7.99. The standard InChI is InChI=1S/C12H15N3OS/c1-14(2)11(16)8-17-12-13-9-6-4-5-7-10(9)15(12)3/h4-7H,8H2,1-3H3. The number of para-hydroxylation sites is 2. The maximum Gasteiger partial charge on any atom is 0.232 e. The number of aromatic nitrogens is 2. The summed E-state index contributed by atoms with van der Waals surface area (Å²) >= 11 is 1.47. The summed E-state index contributed by atoms with van der Waals surface area (Å²) in [5, 5.41) is 0.876. The number of hydrogen-bond donors (Lipinski definition) is 0. The molecular formula is C12H15N3OS. The molecule has 0 radical (unpaired) electrons. The van der Waals surface area contributed by atoms with Crippen LogP contribution in [0.4, 0.5) is 0 Å². The fraction of sp³-hybridized carbons (Fsp3) is 0.333. The van der Waals surface area contributed by atoms with Gasteiger partial charge in [0.25, 0.3) is 0 Å². The summed E-state index contributed by atoms with van der Waals surface area (Å²) < 4.78 is 2.02. The van der Waals surface area contributed by atoms with Gasteiger partial charge in [0.2, 0.25) is 5.91 Å². The van der Waals surface area contributed by atoms with Crippen LogP contribution in [0.3, 0.4) is 0 Å². The van der Waals surface area contributed by atoms with Gasteiger partial charge < -0.3 is 9.47 Å². The van der Waals surface area contributed by atoms with Crippen molar-refractivity contribution in [1.82, 2.24) is 14.5 Å². The van der Waals surface area contributed by atoms with E-state index in [4.69, 9.17) is 0 Å². The minimum atomic E-state index is 0.0991. The number of rotatable bonds is 3. The van der Waals surface area contributed by atoms with E-state index in [1.807, 2.05) is 35.9 Å². The molecule has 0 spiro atoms. The molecule has 1 aromatic carbocycles. The molecule has 0 aliphatic carbocycles. The lowest BCUT2D eigenvalue weighted by atomic mass is 10.3. The third kappa shape index (κ3) is 2.44. The average Bonchev–Trinajstić information content (AvgIpc) is 2.64. The average molecular weight is 249 g/mol. The lowest BCUT2D eigenvalue weighted by molar-refractivity contribution is -0.125. The van der Waals surface area contributed by atoms with Crippen LogP contribution in [0.25, 0.3) is 11.0 Å². The largest absolute Gasteiger partial charge is 0.348 e. The molecule has 5 heteroatoms. The number of imidazole rings is 1. The van der Waals surface area contributed by atoms with Crippen LogP contribution >= 0.6 is 11.8 Å². The summed E-state index contributed by atoms with van der Waals surface area (Å²) in [6.07, 6.45) is 0. The molecule has 0 aliphatic rings. The van der Waals surface area contributed by atoms with Crippen molar-refractivity contribution >= 4 is 28.7 Å². The number of amides is 1. The molecule has 4 nitrogen and oxygen atoms in total. The highest BCUT2D eigenvalue weighted by Crippen LogP contribution is 2.22. The van der Waals surface area contributed by atoms with Gasteiger partial charge in [0.05, 0.1) is 16.8 Å². The fourth-order valence-corrected chi connectivity index (χ4v) is 2.47. The van der Waals surface area contributed by atoms with E-state index in [0.29, 0.717) is 5.75 Å². The first-order valence-corrected chi connectivity index (χ1v) is 6.32. The molecule has 0 saturated carbocycles. The van der Waals surface area contributed by atoms with Crippen molar-refractivity contribution < 1.29 is 4.79 Å². The number of carbonyl (C=O) groups excluding carboxylic acids is 1. The van der Waals surface area contributed by atoms with Crippen molar-refractivity contribution in [3.05, 3.63) is 24.3 Å². The lowest BCUT2D eigenvalue weighted by Crippen LogP contribution is -2.23. The van der Waals surface area contributed by atoms with Crippen LogP contribution < -0.4 is 0 Å². The van der Waals surface area contributed by atoms with E-state index in [-0.39, 0.29) is 5.91 Å². The Morgan fingerprint density at radius 1 is 1.41 bits per heavy atom. The van der Waals surface area contributed by atoms with E-state index in [9.17, 15) is 4.79 Å². The van der Waals surface area contributed by atoms with Crippen molar-refractivity contribution in [2.45, 2.75) is 5.16 Å². The first-order chi connectivity index (χ1) is 8.09. The Morgan fingerprint density at radius 2 is 2.12 bits per heavy atom. The maximum absolute atomic E-state index is 11.5. The first-order valence-electron chi connectivity index (χ1n) is 5.34. The third-order valence-corrected chi connectivity index (χ3v) is 3.58. The van der Waals surface area contributed by atoms with Crippen molar-refractivity contribution in [2.75, 3.05) is 19.8 Å². The Kier molecular flexibility index (Phi) is 3.38. The highest BCUT2D eigenvalue weighted by atomic mass is 32.2. The van der Waals surface area contributed by atoms with Gasteiger partial charge in [-0.05, 0) is 12.1 Å². The molecule has 0 unspecified atom stereocenters. The molecule has 17 heavy (non-hydrogen) atoms. The summed E-state index contributed by atoms with van der Waals surface area (Å²) in [6.45, 7) is 0. The fourth-order valence-electron chi connectivity index (χ4n) is 1.51. The summed E-state index contributed by atoms with van der Waals surface area (Å²) in [5.74, 6) is 0.520. The van der Waals surface area contributed by atoms with E-state index >= 15 is 0 Å². The summed E-state index contributed by atoms with van der Waals surface area (Å²) in [4.78, 5) is 17.6. The van der Waals surface area contributed by atoms with Gasteiger partial charge in [-0.15, -0.1) is 0 Å². The van der Waals surface area contributed by atoms with Crippen molar-refractivity contribution in [2.24, 2.45) is 7.05 Å². The molecule has 1 aromatic heterocycles. The van der Waals surface area contributed by atoms with Crippen LogP contribution in [-0.2, 0) is 11.8 Å². The minimum absolute atomic E-state index is 0.0991. The number of nitrogens with zero attached hydrogens (tertiary/aromatic N) is 3. The first kappa shape index (κ1) is 12.0. The van der Waals surface area contributed by atoms with Gasteiger partial charge in [-0.3, -0.25) is 4.79 Å². The topological polar surface area (TPSA) is 38.1 Å². The number of hydrogen-bond acceptors (Lipinski definition) is 3. The van der Waals surface area contributed by atoms with E-state index in [0.717, 1.165) is 16.2 Å². The summed E-state index contributed by atoms with van der Waals surface area (Å²) in [7, 11) is 5.49. The number of carbonyl (C=O) groups is 1. The van der Waals surface area contributed by atoms with Gasteiger partial charge in [-0.25, -0.2) is 4.98 Å². The Morgan fingerprint density at radius 3 is 2.76 bits per heavy atom. The number of fused-ring (bicyclic) bond motifs is 1. The van der Waals surface area contributed by atoms with Crippen LogP contribution in [0.1, 0.15) is 0 Å². The van der Waals surface area contributed by atoms with Crippen LogP contribution in [-0.4, -0.2) is 40.2 Å². The lowest BCUT2D eigenvalue weighted by Gasteiger charge is -2.09. The second-order valence-corrected chi connectivity index (χ2v) is 4.96. The van der Waals surface area contributed by atoms with Gasteiger partial charge in [0.15, 0.2) is 5.16 Å². The van der Waals surface area contributed by atoms with E-state index < -0.39 is 0 Å². The van der Waals surface area contributed by atoms with Gasteiger partial charge in [-0.1, -0.05) is 23.9 Å². The van der Waals surface area contributed by atoms with Crippen LogP contribution in [0.2, 0.25) is 0 Å². The predicted molar refractivity (Wildman–Crippen MR) is 70.1 cm³/mol. The predicted octanol–water partition coefficient (Wildman–Crippen LogP) is 1.75. The summed E-state index contributed by atoms with van der Waals surface area (Å²) in [5.41, 5.74) is 2.06. The molecule has 0 fully saturated rings. The second-order valence-electron chi connectivity index (χ2n) is 4.02. The van der Waals surface area contributed by atoms with Crippen molar-refractivity contribution in [1.29, 1.82) is 0 Å². The molecule has 0 atom stereocenters. The molecular weight excluding hydrogens is 234 g/mol. The van der Waals surface area contributed by atoms with Gasteiger partial charge in [0, 0.05) is 21.1 Å². The van der Waals surface area contributed by atoms with Gasteiger partial charge in [0.1, 0.15) is 0 Å². The molecule has 0 N–H and O–H groups in total. The van der Waals surface area contributed by atoms with Crippen LogP contribution in [0.15, 0.2) is 29.4 Å². The minimum Gasteiger partial charge on any atom is -0.348 e. The SMILES string of the molecule is CN(C)C(=O)CSc1nc2ccccc2n1C. The Bertz CT molecular complexity index is 548. The number of thioether (sulfide) groups is 1. The highest BCUT2D eigenvalue weighted by Gasteiger charge is 2.10. The third-order valence-electron chi connectivity index (χ3n) is 2.57. The number of aryl methyl sites for hydroxylation is 1. The van der Waals surface area contributed by atoms with E-state index in [1.165, 1.54) is 11.8 Å². The maximum atomic E-state index is 11.5. The van der Waals surface area contributed by atoms with Crippen molar-refractivity contribution in [3.8, 4) is 0 Å². The molecule has 1 amide bonds. The van der Waals surface area contributed by atoms with Gasteiger partial charge >= 0.3 is 0 Å². The smallest absolute Gasteiger partial charge is 0.232 e. The zero-order valence-corrected chi connectivity index (χ0v) is 11.0. The van der Waals surface area contributed by atoms with E-state index in [2.05, 4.69) is 4.98 Å². The zero-order valence-electron chi connectivity index (χ0n) is 10.2. The molecule has 90 valence electrons.